The molecule has 1 N–H and O–H groups in total. The zero-order valence-electron chi connectivity index (χ0n) is 11.2. The molecule has 0 aliphatic heterocycles. The standard InChI is InChI=1S/C14H14ClN3O2/c1-8(16-7-14-17-9(2)20-18-14)13-6-10-5-11(15)3-4-12(10)19-13/h3-6,8,16H,7H2,1-2H3/t8-/m1/s1. The highest BCUT2D eigenvalue weighted by atomic mass is 35.5. The first-order chi connectivity index (χ1) is 9.61. The molecule has 6 heteroatoms. The van der Waals surface area contributed by atoms with E-state index in [9.17, 15) is 0 Å². The summed E-state index contributed by atoms with van der Waals surface area (Å²) in [6.07, 6.45) is 0. The molecular weight excluding hydrogens is 278 g/mol. The van der Waals surface area contributed by atoms with E-state index in [-0.39, 0.29) is 6.04 Å². The minimum absolute atomic E-state index is 0.0416. The minimum Gasteiger partial charge on any atom is -0.459 e. The molecule has 0 radical (unpaired) electrons. The average Bonchev–Trinajstić information content (AvgIpc) is 3.01. The van der Waals surface area contributed by atoms with Crippen molar-refractivity contribution in [2.75, 3.05) is 0 Å². The van der Waals surface area contributed by atoms with Gasteiger partial charge < -0.3 is 14.3 Å². The molecule has 2 aromatic heterocycles. The summed E-state index contributed by atoms with van der Waals surface area (Å²) in [4.78, 5) is 4.14. The van der Waals surface area contributed by atoms with Gasteiger partial charge in [-0.1, -0.05) is 16.8 Å². The van der Waals surface area contributed by atoms with Gasteiger partial charge in [0.1, 0.15) is 11.3 Å². The predicted molar refractivity (Wildman–Crippen MR) is 75.5 cm³/mol. The van der Waals surface area contributed by atoms with Crippen molar-refractivity contribution >= 4 is 22.6 Å². The van der Waals surface area contributed by atoms with Gasteiger partial charge in [-0.25, -0.2) is 0 Å². The number of aryl methyl sites for hydroxylation is 1. The Kier molecular flexibility index (Phi) is 3.46. The highest BCUT2D eigenvalue weighted by Gasteiger charge is 2.12. The Morgan fingerprint density at radius 2 is 2.20 bits per heavy atom. The predicted octanol–water partition coefficient (Wildman–Crippen LogP) is 3.63. The molecule has 0 aliphatic rings. The number of aromatic nitrogens is 2. The molecule has 0 saturated carbocycles. The van der Waals surface area contributed by atoms with Crippen molar-refractivity contribution in [2.45, 2.75) is 26.4 Å². The smallest absolute Gasteiger partial charge is 0.223 e. The zero-order chi connectivity index (χ0) is 14.1. The summed E-state index contributed by atoms with van der Waals surface area (Å²) < 4.78 is 10.7. The molecule has 0 aliphatic carbocycles. The molecule has 0 fully saturated rings. The topological polar surface area (TPSA) is 64.1 Å². The second kappa shape index (κ2) is 5.26. The number of furan rings is 1. The third-order valence-corrected chi connectivity index (χ3v) is 3.30. The molecule has 1 atom stereocenters. The van der Waals surface area contributed by atoms with Crippen LogP contribution in [0.1, 0.15) is 30.4 Å². The molecule has 0 unspecified atom stereocenters. The van der Waals surface area contributed by atoms with Crippen LogP contribution in [-0.4, -0.2) is 10.1 Å². The van der Waals surface area contributed by atoms with Gasteiger partial charge in [0.15, 0.2) is 5.82 Å². The summed E-state index contributed by atoms with van der Waals surface area (Å²) in [6.45, 7) is 4.31. The maximum absolute atomic E-state index is 5.97. The maximum atomic E-state index is 5.97. The van der Waals surface area contributed by atoms with Crippen molar-refractivity contribution in [3.05, 3.63) is 46.8 Å². The van der Waals surface area contributed by atoms with E-state index < -0.39 is 0 Å². The maximum Gasteiger partial charge on any atom is 0.223 e. The number of hydrogen-bond acceptors (Lipinski definition) is 5. The van der Waals surface area contributed by atoms with E-state index in [1.165, 1.54) is 0 Å². The van der Waals surface area contributed by atoms with E-state index in [2.05, 4.69) is 15.5 Å². The monoisotopic (exact) mass is 291 g/mol. The van der Waals surface area contributed by atoms with Crippen LogP contribution < -0.4 is 5.32 Å². The lowest BCUT2D eigenvalue weighted by atomic mass is 10.2. The minimum atomic E-state index is 0.0416. The molecule has 0 spiro atoms. The van der Waals surface area contributed by atoms with E-state index >= 15 is 0 Å². The van der Waals surface area contributed by atoms with E-state index in [4.69, 9.17) is 20.5 Å². The Bertz CT molecular complexity index is 735. The van der Waals surface area contributed by atoms with E-state index in [1.807, 2.05) is 31.2 Å². The van der Waals surface area contributed by atoms with Crippen LogP contribution in [-0.2, 0) is 6.54 Å². The van der Waals surface area contributed by atoms with Gasteiger partial charge in [-0.2, -0.15) is 4.98 Å². The number of rotatable bonds is 4. The lowest BCUT2D eigenvalue weighted by Crippen LogP contribution is -2.18. The third kappa shape index (κ3) is 2.69. The Hall–Kier alpha value is -1.85. The van der Waals surface area contributed by atoms with Crippen molar-refractivity contribution in [3.63, 3.8) is 0 Å². The average molecular weight is 292 g/mol. The van der Waals surface area contributed by atoms with Crippen LogP contribution in [0.3, 0.4) is 0 Å². The molecule has 5 nitrogen and oxygen atoms in total. The van der Waals surface area contributed by atoms with Gasteiger partial charge in [-0.15, -0.1) is 0 Å². The molecule has 3 aromatic rings. The fourth-order valence-electron chi connectivity index (χ4n) is 2.01. The first-order valence-electron chi connectivity index (χ1n) is 6.33. The van der Waals surface area contributed by atoms with Crippen LogP contribution in [0.25, 0.3) is 11.0 Å². The van der Waals surface area contributed by atoms with Gasteiger partial charge in [0.2, 0.25) is 5.89 Å². The number of hydrogen-bond donors (Lipinski definition) is 1. The Balaban J connectivity index is 1.73. The first-order valence-corrected chi connectivity index (χ1v) is 6.71. The number of nitrogens with one attached hydrogen (secondary N) is 1. The number of nitrogens with zero attached hydrogens (tertiary/aromatic N) is 2. The summed E-state index contributed by atoms with van der Waals surface area (Å²) >= 11 is 5.97. The molecule has 0 amide bonds. The van der Waals surface area contributed by atoms with Crippen LogP contribution in [0.15, 0.2) is 33.2 Å². The second-order valence-corrected chi connectivity index (χ2v) is 5.10. The summed E-state index contributed by atoms with van der Waals surface area (Å²) in [5.74, 6) is 2.05. The van der Waals surface area contributed by atoms with E-state index in [1.54, 1.807) is 6.92 Å². The van der Waals surface area contributed by atoms with Gasteiger partial charge in [0.05, 0.1) is 12.6 Å². The van der Waals surface area contributed by atoms with Gasteiger partial charge in [0, 0.05) is 17.3 Å². The Labute approximate surface area is 120 Å². The molecule has 3 rings (SSSR count). The van der Waals surface area contributed by atoms with Crippen molar-refractivity contribution in [1.82, 2.24) is 15.5 Å². The molecule has 0 bridgehead atoms. The normalized spacial score (nSPS) is 12.9. The lowest BCUT2D eigenvalue weighted by molar-refractivity contribution is 0.381. The first kappa shape index (κ1) is 13.1. The third-order valence-electron chi connectivity index (χ3n) is 3.06. The summed E-state index contributed by atoms with van der Waals surface area (Å²) in [7, 11) is 0. The van der Waals surface area contributed by atoms with Crippen molar-refractivity contribution in [2.24, 2.45) is 0 Å². The van der Waals surface area contributed by atoms with Crippen LogP contribution in [0.4, 0.5) is 0 Å². The number of benzene rings is 1. The van der Waals surface area contributed by atoms with Gasteiger partial charge in [-0.05, 0) is 31.2 Å². The molecule has 0 saturated heterocycles. The highest BCUT2D eigenvalue weighted by molar-refractivity contribution is 6.31. The van der Waals surface area contributed by atoms with Crippen LogP contribution in [0.2, 0.25) is 5.02 Å². The molecular formula is C14H14ClN3O2. The molecule has 1 aromatic carbocycles. The fraction of sp³-hybridized carbons (Fsp3) is 0.286. The second-order valence-electron chi connectivity index (χ2n) is 4.66. The van der Waals surface area contributed by atoms with Gasteiger partial charge >= 0.3 is 0 Å². The summed E-state index contributed by atoms with van der Waals surface area (Å²) in [5.41, 5.74) is 0.827. The SMILES string of the molecule is Cc1nc(CN[C@H](C)c2cc3cc(Cl)ccc3o2)no1. The Morgan fingerprint density at radius 3 is 2.95 bits per heavy atom. The van der Waals surface area contributed by atoms with Crippen molar-refractivity contribution in [3.8, 4) is 0 Å². The zero-order valence-corrected chi connectivity index (χ0v) is 11.9. The largest absolute Gasteiger partial charge is 0.459 e. The Morgan fingerprint density at radius 1 is 1.35 bits per heavy atom. The molecule has 104 valence electrons. The quantitative estimate of drug-likeness (QED) is 0.795. The fourth-order valence-corrected chi connectivity index (χ4v) is 2.19. The van der Waals surface area contributed by atoms with Crippen LogP contribution in [0.5, 0.6) is 0 Å². The lowest BCUT2D eigenvalue weighted by Gasteiger charge is -2.08. The van der Waals surface area contributed by atoms with Gasteiger partial charge in [0.25, 0.3) is 0 Å². The number of fused-ring (bicyclic) bond motifs is 1. The van der Waals surface area contributed by atoms with Crippen molar-refractivity contribution < 1.29 is 8.94 Å². The summed E-state index contributed by atoms with van der Waals surface area (Å²) in [6, 6.07) is 7.60. The summed E-state index contributed by atoms with van der Waals surface area (Å²) in [5, 5.41) is 8.83. The number of halogens is 1. The van der Waals surface area contributed by atoms with Crippen LogP contribution in [0, 0.1) is 6.92 Å². The highest BCUT2D eigenvalue weighted by Crippen LogP contribution is 2.26. The molecule has 2 heterocycles. The van der Waals surface area contributed by atoms with Crippen molar-refractivity contribution in [1.29, 1.82) is 0 Å². The molecule has 20 heavy (non-hydrogen) atoms. The van der Waals surface area contributed by atoms with E-state index in [0.717, 1.165) is 16.7 Å². The van der Waals surface area contributed by atoms with E-state index in [0.29, 0.717) is 23.3 Å². The van der Waals surface area contributed by atoms with Crippen LogP contribution >= 0.6 is 11.6 Å². The van der Waals surface area contributed by atoms with Gasteiger partial charge in [-0.3, -0.25) is 0 Å².